The molecule has 4 heterocycles. The second kappa shape index (κ2) is 11.9. The van der Waals surface area contributed by atoms with Gasteiger partial charge in [-0.05, 0) is 32.1 Å². The highest BCUT2D eigenvalue weighted by atomic mass is 16.6. The maximum Gasteiger partial charge on any atom is 0.312 e. The Morgan fingerprint density at radius 2 is 1.97 bits per heavy atom. The van der Waals surface area contributed by atoms with E-state index in [1.807, 2.05) is 13.8 Å². The molecule has 1 N–H and O–H groups in total. The van der Waals surface area contributed by atoms with Gasteiger partial charge in [0.25, 0.3) is 0 Å². The van der Waals surface area contributed by atoms with E-state index in [9.17, 15) is 19.5 Å². The SMILES string of the molecule is C=CCCOC(=O)[C@@H]1[C@H]2C(=O)N(CCCO)C(C(=O)N(CC=C)CCN3CCOCC3)C23CC(C)[C@@]1(C)O3. The molecule has 4 aliphatic heterocycles. The summed E-state index contributed by atoms with van der Waals surface area (Å²) in [5, 5.41) is 9.56. The van der Waals surface area contributed by atoms with Gasteiger partial charge in [0.2, 0.25) is 11.8 Å². The van der Waals surface area contributed by atoms with Crippen molar-refractivity contribution in [3.8, 4) is 0 Å². The number of ether oxygens (including phenoxy) is 3. The summed E-state index contributed by atoms with van der Waals surface area (Å²) >= 11 is 0. The zero-order chi connectivity index (χ0) is 27.5. The molecule has 10 heteroatoms. The topological polar surface area (TPSA) is 109 Å². The molecular formula is C28H43N3O7. The number of morpholine rings is 1. The molecule has 1 spiro atoms. The van der Waals surface area contributed by atoms with Crippen molar-refractivity contribution in [2.45, 2.75) is 50.4 Å². The molecule has 0 aromatic carbocycles. The summed E-state index contributed by atoms with van der Waals surface area (Å²) in [6, 6.07) is -0.883. The first kappa shape index (κ1) is 28.7. The normalized spacial score (nSPS) is 34.3. The highest BCUT2D eigenvalue weighted by Gasteiger charge is 2.80. The number of esters is 1. The molecule has 212 valence electrons. The van der Waals surface area contributed by atoms with Crippen molar-refractivity contribution in [3.05, 3.63) is 25.3 Å². The number of likely N-dealkylation sites (tertiary alicyclic amines) is 1. The van der Waals surface area contributed by atoms with Crippen LogP contribution in [0.1, 0.15) is 33.1 Å². The molecule has 10 nitrogen and oxygen atoms in total. The second-order valence-electron chi connectivity index (χ2n) is 11.1. The number of hydrogen-bond acceptors (Lipinski definition) is 8. The van der Waals surface area contributed by atoms with E-state index < -0.39 is 35.0 Å². The van der Waals surface area contributed by atoms with Crippen molar-refractivity contribution in [2.24, 2.45) is 17.8 Å². The largest absolute Gasteiger partial charge is 0.465 e. The van der Waals surface area contributed by atoms with Gasteiger partial charge in [0.15, 0.2) is 0 Å². The number of aliphatic hydroxyl groups is 1. The monoisotopic (exact) mass is 533 g/mol. The van der Waals surface area contributed by atoms with E-state index in [0.29, 0.717) is 52.1 Å². The average molecular weight is 534 g/mol. The average Bonchev–Trinajstić information content (AvgIpc) is 3.42. The summed E-state index contributed by atoms with van der Waals surface area (Å²) in [5.74, 6) is -2.62. The van der Waals surface area contributed by atoms with Crippen LogP contribution in [0.25, 0.3) is 0 Å². The van der Waals surface area contributed by atoms with Crippen LogP contribution < -0.4 is 0 Å². The maximum atomic E-state index is 14.3. The zero-order valence-electron chi connectivity index (χ0n) is 22.8. The lowest BCUT2D eigenvalue weighted by molar-refractivity contribution is -0.162. The van der Waals surface area contributed by atoms with Crippen LogP contribution in [0.15, 0.2) is 25.3 Å². The van der Waals surface area contributed by atoms with Gasteiger partial charge in [0.05, 0.1) is 31.3 Å². The van der Waals surface area contributed by atoms with Crippen molar-refractivity contribution < 1.29 is 33.7 Å². The summed E-state index contributed by atoms with van der Waals surface area (Å²) in [5.41, 5.74) is -2.04. The summed E-state index contributed by atoms with van der Waals surface area (Å²) in [7, 11) is 0. The van der Waals surface area contributed by atoms with E-state index in [0.717, 1.165) is 13.1 Å². The van der Waals surface area contributed by atoms with Crippen molar-refractivity contribution in [3.63, 3.8) is 0 Å². The molecule has 3 unspecified atom stereocenters. The Balaban J connectivity index is 1.65. The first-order valence-corrected chi connectivity index (χ1v) is 13.8. The van der Waals surface area contributed by atoms with Gasteiger partial charge in [0, 0.05) is 45.9 Å². The number of nitrogens with zero attached hydrogens (tertiary/aromatic N) is 3. The lowest BCUT2D eigenvalue weighted by Crippen LogP contribution is -2.57. The zero-order valence-corrected chi connectivity index (χ0v) is 22.8. The molecule has 4 saturated heterocycles. The van der Waals surface area contributed by atoms with Crippen LogP contribution in [0.5, 0.6) is 0 Å². The summed E-state index contributed by atoms with van der Waals surface area (Å²) in [6.45, 7) is 16.1. The van der Waals surface area contributed by atoms with Gasteiger partial charge >= 0.3 is 5.97 Å². The van der Waals surface area contributed by atoms with Crippen molar-refractivity contribution >= 4 is 17.8 Å². The predicted molar refractivity (Wildman–Crippen MR) is 140 cm³/mol. The minimum absolute atomic E-state index is 0.0576. The van der Waals surface area contributed by atoms with E-state index in [1.54, 1.807) is 22.0 Å². The molecule has 0 aromatic rings. The van der Waals surface area contributed by atoms with Gasteiger partial charge in [-0.2, -0.15) is 0 Å². The van der Waals surface area contributed by atoms with Crippen LogP contribution in [0.3, 0.4) is 0 Å². The Kier molecular flexibility index (Phi) is 8.96. The van der Waals surface area contributed by atoms with E-state index >= 15 is 0 Å². The third-order valence-corrected chi connectivity index (χ3v) is 8.88. The van der Waals surface area contributed by atoms with Crippen molar-refractivity contribution in [1.29, 1.82) is 0 Å². The molecule has 4 aliphatic rings. The third kappa shape index (κ3) is 4.92. The molecule has 0 radical (unpaired) electrons. The van der Waals surface area contributed by atoms with Crippen molar-refractivity contribution in [2.75, 3.05) is 65.7 Å². The third-order valence-electron chi connectivity index (χ3n) is 8.88. The number of carbonyl (C=O) groups is 3. The van der Waals surface area contributed by atoms with Gasteiger partial charge in [0.1, 0.15) is 17.6 Å². The number of hydrogen-bond donors (Lipinski definition) is 1. The molecule has 2 bridgehead atoms. The van der Waals surface area contributed by atoms with Gasteiger partial charge in [-0.1, -0.05) is 19.1 Å². The quantitative estimate of drug-likeness (QED) is 0.211. The fraction of sp³-hybridized carbons (Fsp3) is 0.750. The Hall–Kier alpha value is -2.27. The Labute approximate surface area is 225 Å². The smallest absolute Gasteiger partial charge is 0.312 e. The standard InChI is InChI=1S/C28H43N3O7/c1-5-7-16-37-26(35)22-21-24(33)31(10-8-15-32)23(28(21)19-20(3)27(22,4)38-28)25(34)30(9-6-2)12-11-29-13-17-36-18-14-29/h5-6,20-23,32H,1-2,7-19H2,3-4H3/t20?,21-,22-,23?,27+,28?/m0/s1. The molecule has 4 rings (SSSR count). The molecule has 0 aliphatic carbocycles. The van der Waals surface area contributed by atoms with Crippen LogP contribution in [0.4, 0.5) is 0 Å². The van der Waals surface area contributed by atoms with Crippen LogP contribution in [-0.2, 0) is 28.6 Å². The summed E-state index contributed by atoms with van der Waals surface area (Å²) in [4.78, 5) is 47.3. The highest BCUT2D eigenvalue weighted by Crippen LogP contribution is 2.65. The van der Waals surface area contributed by atoms with Crippen molar-refractivity contribution in [1.82, 2.24) is 14.7 Å². The fourth-order valence-electron chi connectivity index (χ4n) is 6.90. The minimum atomic E-state index is -1.13. The van der Waals surface area contributed by atoms with Crippen LogP contribution >= 0.6 is 0 Å². The lowest BCUT2D eigenvalue weighted by atomic mass is 9.62. The second-order valence-corrected chi connectivity index (χ2v) is 11.1. The molecule has 4 fully saturated rings. The molecular weight excluding hydrogens is 490 g/mol. The fourth-order valence-corrected chi connectivity index (χ4v) is 6.90. The van der Waals surface area contributed by atoms with Crippen LogP contribution in [0, 0.1) is 17.8 Å². The highest BCUT2D eigenvalue weighted by molar-refractivity contribution is 5.98. The first-order chi connectivity index (χ1) is 18.2. The first-order valence-electron chi connectivity index (χ1n) is 13.8. The Morgan fingerprint density at radius 1 is 1.24 bits per heavy atom. The van der Waals surface area contributed by atoms with Crippen LogP contribution in [-0.4, -0.2) is 121 Å². The van der Waals surface area contributed by atoms with E-state index in [4.69, 9.17) is 14.2 Å². The minimum Gasteiger partial charge on any atom is -0.465 e. The number of carbonyl (C=O) groups excluding carboxylic acids is 3. The van der Waals surface area contributed by atoms with Crippen LogP contribution in [0.2, 0.25) is 0 Å². The number of fused-ring (bicyclic) bond motifs is 1. The predicted octanol–water partition coefficient (Wildman–Crippen LogP) is 0.846. The van der Waals surface area contributed by atoms with E-state index in [1.165, 1.54) is 0 Å². The van der Waals surface area contributed by atoms with Gasteiger partial charge < -0.3 is 29.1 Å². The molecule has 0 aromatic heterocycles. The van der Waals surface area contributed by atoms with E-state index in [-0.39, 0.29) is 37.5 Å². The van der Waals surface area contributed by atoms with Gasteiger partial charge in [-0.3, -0.25) is 19.3 Å². The number of aliphatic hydroxyl groups excluding tert-OH is 1. The molecule has 2 amide bonds. The van der Waals surface area contributed by atoms with Gasteiger partial charge in [-0.15, -0.1) is 13.2 Å². The molecule has 38 heavy (non-hydrogen) atoms. The number of amides is 2. The Bertz CT molecular complexity index is 922. The van der Waals surface area contributed by atoms with Gasteiger partial charge in [-0.25, -0.2) is 0 Å². The molecule has 6 atom stereocenters. The summed E-state index contributed by atoms with van der Waals surface area (Å²) in [6.07, 6.45) is 4.70. The van der Waals surface area contributed by atoms with E-state index in [2.05, 4.69) is 18.1 Å². The lowest BCUT2D eigenvalue weighted by Gasteiger charge is -2.38. The summed E-state index contributed by atoms with van der Waals surface area (Å²) < 4.78 is 17.7. The number of rotatable bonds is 13. The molecule has 0 saturated carbocycles. The Morgan fingerprint density at radius 3 is 2.63 bits per heavy atom. The maximum absolute atomic E-state index is 14.3.